The first-order chi connectivity index (χ1) is 11.5. The molecular formula is C11H25BN6O6S. The molecule has 0 saturated carbocycles. The van der Waals surface area contributed by atoms with Crippen molar-refractivity contribution in [3.05, 3.63) is 0 Å². The molecular weight excluding hydrogens is 355 g/mol. The van der Waals surface area contributed by atoms with Gasteiger partial charge in [-0.2, -0.15) is 12.7 Å². The van der Waals surface area contributed by atoms with Gasteiger partial charge >= 0.3 is 13.1 Å². The highest BCUT2D eigenvalue weighted by Crippen LogP contribution is 2.31. The lowest BCUT2D eigenvalue weighted by atomic mass is 9.78. The van der Waals surface area contributed by atoms with Gasteiger partial charge in [-0.25, -0.2) is 4.72 Å². The van der Waals surface area contributed by atoms with E-state index >= 15 is 0 Å². The zero-order valence-corrected chi connectivity index (χ0v) is 14.5. The van der Waals surface area contributed by atoms with Crippen LogP contribution in [0.4, 0.5) is 0 Å². The van der Waals surface area contributed by atoms with E-state index in [-0.39, 0.29) is 44.9 Å². The molecule has 1 aliphatic rings. The van der Waals surface area contributed by atoms with Crippen molar-refractivity contribution in [1.29, 1.82) is 0 Å². The van der Waals surface area contributed by atoms with Crippen LogP contribution in [0, 0.1) is 5.92 Å². The summed E-state index contributed by atoms with van der Waals surface area (Å²) in [6, 6.07) is 0. The molecule has 0 aromatic carbocycles. The van der Waals surface area contributed by atoms with Crippen LogP contribution >= 0.6 is 0 Å². The highest BCUT2D eigenvalue weighted by Gasteiger charge is 2.52. The number of aliphatic carboxylic acids is 1. The van der Waals surface area contributed by atoms with E-state index in [2.05, 4.69) is 9.71 Å². The molecule has 1 aliphatic heterocycles. The maximum Gasteiger partial charge on any atom is 0.451 e. The smallest absolute Gasteiger partial charge is 0.451 e. The molecule has 0 aromatic heterocycles. The summed E-state index contributed by atoms with van der Waals surface area (Å²) in [5, 5.41) is 27.1. The second-order valence-corrected chi connectivity index (χ2v) is 7.71. The molecule has 144 valence electrons. The molecule has 25 heavy (non-hydrogen) atoms. The summed E-state index contributed by atoms with van der Waals surface area (Å²) < 4.78 is 27.8. The Morgan fingerprint density at radius 3 is 2.56 bits per heavy atom. The summed E-state index contributed by atoms with van der Waals surface area (Å²) in [5.41, 5.74) is 14.5. The predicted molar refractivity (Wildman–Crippen MR) is 91.4 cm³/mol. The lowest BCUT2D eigenvalue weighted by molar-refractivity contribution is -0.144. The van der Waals surface area contributed by atoms with Crippen molar-refractivity contribution in [3.8, 4) is 0 Å². The minimum absolute atomic E-state index is 0.0416. The van der Waals surface area contributed by atoms with E-state index in [0.717, 1.165) is 4.31 Å². The standard InChI is InChI=1S/C11H25BN6O6S/c13-10(14)16-4-5-17-25(23,24)18-6-8(2-1-3-12(21)22)11(15,7-18)9(19)20/h8,17,21-22H,1-7,15H2,(H,19,20)(H4,13,14,16)/t8-,11-/m0/s1. The first kappa shape index (κ1) is 21.6. The molecule has 10 N–H and O–H groups in total. The van der Waals surface area contributed by atoms with E-state index in [4.69, 9.17) is 27.2 Å². The second-order valence-electron chi connectivity index (χ2n) is 5.95. The average molecular weight is 380 g/mol. The molecule has 0 aromatic rings. The van der Waals surface area contributed by atoms with Crippen molar-refractivity contribution in [2.45, 2.75) is 24.7 Å². The fraction of sp³-hybridized carbons (Fsp3) is 0.818. The van der Waals surface area contributed by atoms with E-state index in [0.29, 0.717) is 6.42 Å². The van der Waals surface area contributed by atoms with Crippen molar-refractivity contribution in [1.82, 2.24) is 9.03 Å². The van der Waals surface area contributed by atoms with E-state index in [1.807, 2.05) is 0 Å². The van der Waals surface area contributed by atoms with Crippen LogP contribution in [0.15, 0.2) is 4.99 Å². The quantitative estimate of drug-likeness (QED) is 0.0850. The number of carboxylic acids is 1. The van der Waals surface area contributed by atoms with Gasteiger partial charge in [-0.15, -0.1) is 0 Å². The van der Waals surface area contributed by atoms with Gasteiger partial charge in [0.05, 0.1) is 6.54 Å². The summed E-state index contributed by atoms with van der Waals surface area (Å²) in [4.78, 5) is 15.2. The van der Waals surface area contributed by atoms with Crippen LogP contribution in [0.5, 0.6) is 0 Å². The van der Waals surface area contributed by atoms with Crippen LogP contribution in [0.25, 0.3) is 0 Å². The zero-order valence-electron chi connectivity index (χ0n) is 13.7. The Kier molecular flexibility index (Phi) is 7.58. The number of carboxylic acid groups (broad SMARTS) is 1. The fourth-order valence-electron chi connectivity index (χ4n) is 2.67. The number of nitrogens with one attached hydrogen (secondary N) is 1. The molecule has 1 saturated heterocycles. The lowest BCUT2D eigenvalue weighted by Gasteiger charge is -2.25. The van der Waals surface area contributed by atoms with Gasteiger partial charge in [0.2, 0.25) is 0 Å². The van der Waals surface area contributed by atoms with Gasteiger partial charge in [0.15, 0.2) is 5.96 Å². The lowest BCUT2D eigenvalue weighted by Crippen LogP contribution is -2.55. The van der Waals surface area contributed by atoms with Gasteiger partial charge in [0.25, 0.3) is 10.2 Å². The first-order valence-corrected chi connectivity index (χ1v) is 9.11. The van der Waals surface area contributed by atoms with E-state index in [9.17, 15) is 18.3 Å². The highest BCUT2D eigenvalue weighted by molar-refractivity contribution is 7.87. The van der Waals surface area contributed by atoms with Gasteiger partial charge < -0.3 is 32.4 Å². The molecule has 0 aliphatic carbocycles. The maximum absolute atomic E-state index is 12.3. The van der Waals surface area contributed by atoms with Crippen LogP contribution in [0.1, 0.15) is 12.8 Å². The Hall–Kier alpha value is -1.45. The van der Waals surface area contributed by atoms with Gasteiger partial charge in [-0.3, -0.25) is 9.79 Å². The summed E-state index contributed by atoms with van der Waals surface area (Å²) >= 11 is 0. The Balaban J connectivity index is 2.75. The number of carbonyl (C=O) groups is 1. The van der Waals surface area contributed by atoms with Gasteiger partial charge in [0, 0.05) is 25.6 Å². The van der Waals surface area contributed by atoms with Crippen LogP contribution in [-0.4, -0.2) is 78.6 Å². The molecule has 2 atom stereocenters. The number of nitrogens with two attached hydrogens (primary N) is 3. The molecule has 1 heterocycles. The Labute approximate surface area is 146 Å². The number of aliphatic imine (C=N–C) groups is 1. The minimum atomic E-state index is -3.95. The molecule has 12 nitrogen and oxygen atoms in total. The van der Waals surface area contributed by atoms with E-state index in [1.54, 1.807) is 0 Å². The number of rotatable bonds is 10. The first-order valence-electron chi connectivity index (χ1n) is 7.67. The average Bonchev–Trinajstić information content (AvgIpc) is 2.83. The molecule has 1 rings (SSSR count). The normalized spacial score (nSPS) is 24.2. The predicted octanol–water partition coefficient (Wildman–Crippen LogP) is -3.94. The fourth-order valence-corrected chi connectivity index (χ4v) is 3.96. The van der Waals surface area contributed by atoms with Crippen molar-refractivity contribution in [2.75, 3.05) is 26.2 Å². The SMILES string of the molecule is NC(N)=NCCNS(=O)(=O)N1C[C@H](CCCB(O)O)[C@](N)(C(=O)O)C1. The molecule has 0 bridgehead atoms. The van der Waals surface area contributed by atoms with Crippen LogP contribution in [-0.2, 0) is 15.0 Å². The van der Waals surface area contributed by atoms with Crippen molar-refractivity contribution in [3.63, 3.8) is 0 Å². The maximum atomic E-state index is 12.3. The van der Waals surface area contributed by atoms with E-state index < -0.39 is 34.8 Å². The number of nitrogens with zero attached hydrogens (tertiary/aromatic N) is 2. The summed E-state index contributed by atoms with van der Waals surface area (Å²) in [7, 11) is -5.45. The van der Waals surface area contributed by atoms with Gasteiger partial charge in [0.1, 0.15) is 5.54 Å². The van der Waals surface area contributed by atoms with Crippen LogP contribution in [0.2, 0.25) is 6.32 Å². The number of guanidine groups is 1. The van der Waals surface area contributed by atoms with Crippen LogP contribution in [0.3, 0.4) is 0 Å². The topological polar surface area (TPSA) is 218 Å². The largest absolute Gasteiger partial charge is 0.480 e. The summed E-state index contributed by atoms with van der Waals surface area (Å²) in [5.74, 6) is -2.13. The number of hydrogen-bond donors (Lipinski definition) is 7. The monoisotopic (exact) mass is 380 g/mol. The molecule has 0 amide bonds. The van der Waals surface area contributed by atoms with Crippen molar-refractivity contribution in [2.24, 2.45) is 28.1 Å². The summed E-state index contributed by atoms with van der Waals surface area (Å²) in [6.45, 7) is -0.475. The third-order valence-corrected chi connectivity index (χ3v) is 5.56. The van der Waals surface area contributed by atoms with Gasteiger partial charge in [-0.1, -0.05) is 6.42 Å². The Morgan fingerprint density at radius 1 is 1.40 bits per heavy atom. The van der Waals surface area contributed by atoms with Crippen molar-refractivity contribution < 1.29 is 28.4 Å². The second kappa shape index (κ2) is 8.78. The minimum Gasteiger partial charge on any atom is -0.480 e. The molecule has 0 radical (unpaired) electrons. The molecule has 1 fully saturated rings. The van der Waals surface area contributed by atoms with Crippen LogP contribution < -0.4 is 21.9 Å². The molecule has 0 spiro atoms. The Morgan fingerprint density at radius 2 is 2.04 bits per heavy atom. The summed E-state index contributed by atoms with van der Waals surface area (Å²) in [6.07, 6.45) is 0.608. The number of hydrogen-bond acceptors (Lipinski definition) is 7. The third kappa shape index (κ3) is 6.09. The van der Waals surface area contributed by atoms with Crippen molar-refractivity contribution >= 4 is 29.3 Å². The Bertz CT molecular complexity index is 598. The molecule has 0 unspecified atom stereocenters. The van der Waals surface area contributed by atoms with Gasteiger partial charge in [-0.05, 0) is 12.7 Å². The third-order valence-electron chi connectivity index (χ3n) is 4.03. The molecule has 14 heteroatoms. The zero-order chi connectivity index (χ0) is 19.3. The highest BCUT2D eigenvalue weighted by atomic mass is 32.2. The van der Waals surface area contributed by atoms with E-state index in [1.165, 1.54) is 0 Å².